The molecule has 132 valence electrons. The highest BCUT2D eigenvalue weighted by Gasteiger charge is 2.26. The molecule has 1 heterocycles. The first-order valence-corrected chi connectivity index (χ1v) is 8.97. The van der Waals surface area contributed by atoms with Crippen LogP contribution in [0, 0.1) is 0 Å². The van der Waals surface area contributed by atoms with Crippen LogP contribution in [0.5, 0.6) is 5.75 Å². The highest BCUT2D eigenvalue weighted by molar-refractivity contribution is 6.30. The minimum atomic E-state index is -0.515. The molecule has 1 saturated heterocycles. The average molecular weight is 359 g/mol. The second kappa shape index (κ2) is 8.37. The van der Waals surface area contributed by atoms with Crippen molar-refractivity contribution >= 4 is 17.5 Å². The molecule has 5 heteroatoms. The molecule has 0 aromatic heterocycles. The van der Waals surface area contributed by atoms with Gasteiger partial charge in [-0.25, -0.2) is 0 Å². The Kier molecular flexibility index (Phi) is 5.95. The molecule has 0 saturated carbocycles. The fraction of sp³-hybridized carbons (Fsp3) is 0.350. The molecule has 1 aliphatic heterocycles. The number of carbonyl (C=O) groups excluding carboxylic acids is 1. The van der Waals surface area contributed by atoms with Crippen molar-refractivity contribution in [2.45, 2.75) is 19.6 Å². The molecule has 1 aliphatic rings. The van der Waals surface area contributed by atoms with Gasteiger partial charge in [-0.3, -0.25) is 9.69 Å². The van der Waals surface area contributed by atoms with E-state index in [0.29, 0.717) is 10.8 Å². The van der Waals surface area contributed by atoms with Crippen LogP contribution in [0.15, 0.2) is 54.6 Å². The van der Waals surface area contributed by atoms with Gasteiger partial charge in [-0.05, 0) is 30.7 Å². The molecule has 0 aliphatic carbocycles. The van der Waals surface area contributed by atoms with E-state index in [2.05, 4.69) is 29.2 Å². The van der Waals surface area contributed by atoms with Crippen molar-refractivity contribution in [2.24, 2.45) is 0 Å². The lowest BCUT2D eigenvalue weighted by Gasteiger charge is -2.35. The van der Waals surface area contributed by atoms with Crippen LogP contribution in [0.4, 0.5) is 0 Å². The number of rotatable bonds is 5. The summed E-state index contributed by atoms with van der Waals surface area (Å²) < 4.78 is 5.74. The van der Waals surface area contributed by atoms with Gasteiger partial charge in [0.1, 0.15) is 5.75 Å². The summed E-state index contributed by atoms with van der Waals surface area (Å²) in [6, 6.07) is 17.6. The number of hydrogen-bond donors (Lipinski definition) is 0. The summed E-state index contributed by atoms with van der Waals surface area (Å²) in [5, 5.41) is 0.603. The topological polar surface area (TPSA) is 32.8 Å². The van der Waals surface area contributed by atoms with Crippen LogP contribution in [-0.2, 0) is 11.3 Å². The summed E-state index contributed by atoms with van der Waals surface area (Å²) in [6.07, 6.45) is -0.515. The van der Waals surface area contributed by atoms with E-state index in [1.165, 1.54) is 5.56 Å². The van der Waals surface area contributed by atoms with Crippen molar-refractivity contribution in [1.29, 1.82) is 0 Å². The number of ether oxygens (including phenoxy) is 1. The summed E-state index contributed by atoms with van der Waals surface area (Å²) >= 11 is 5.96. The Hall–Kier alpha value is -2.04. The third kappa shape index (κ3) is 4.97. The number of benzene rings is 2. The van der Waals surface area contributed by atoms with Gasteiger partial charge >= 0.3 is 0 Å². The second-order valence-electron chi connectivity index (χ2n) is 6.30. The number of nitrogens with zero attached hydrogens (tertiary/aromatic N) is 2. The lowest BCUT2D eigenvalue weighted by Crippen LogP contribution is -2.51. The lowest BCUT2D eigenvalue weighted by atomic mass is 10.2. The molecular formula is C20H23ClN2O2. The van der Waals surface area contributed by atoms with E-state index in [1.807, 2.05) is 23.1 Å². The van der Waals surface area contributed by atoms with Gasteiger partial charge in [-0.15, -0.1) is 0 Å². The van der Waals surface area contributed by atoms with E-state index < -0.39 is 6.10 Å². The Balaban J connectivity index is 1.49. The van der Waals surface area contributed by atoms with Gasteiger partial charge < -0.3 is 9.64 Å². The zero-order chi connectivity index (χ0) is 17.6. The van der Waals surface area contributed by atoms with Gasteiger partial charge in [0.2, 0.25) is 0 Å². The third-order valence-electron chi connectivity index (χ3n) is 4.39. The molecule has 0 N–H and O–H groups in total. The van der Waals surface area contributed by atoms with E-state index >= 15 is 0 Å². The normalized spacial score (nSPS) is 16.5. The zero-order valence-electron chi connectivity index (χ0n) is 14.4. The standard InChI is InChI=1S/C20H23ClN2O2/c1-16(25-19-9-5-8-18(21)14-19)20(24)23-12-10-22(11-13-23)15-17-6-3-2-4-7-17/h2-9,14,16H,10-13,15H2,1H3/t16-/m0/s1. The quantitative estimate of drug-likeness (QED) is 0.820. The molecule has 0 spiro atoms. The van der Waals surface area contributed by atoms with Crippen molar-refractivity contribution in [3.63, 3.8) is 0 Å². The maximum absolute atomic E-state index is 12.6. The number of carbonyl (C=O) groups is 1. The van der Waals surface area contributed by atoms with Gasteiger partial charge in [-0.1, -0.05) is 48.0 Å². The maximum Gasteiger partial charge on any atom is 0.263 e. The minimum absolute atomic E-state index is 0.0272. The summed E-state index contributed by atoms with van der Waals surface area (Å²) in [6.45, 7) is 5.94. The highest BCUT2D eigenvalue weighted by Crippen LogP contribution is 2.19. The Bertz CT molecular complexity index is 700. The van der Waals surface area contributed by atoms with Gasteiger partial charge in [0.25, 0.3) is 5.91 Å². The molecule has 0 unspecified atom stereocenters. The van der Waals surface area contributed by atoms with Crippen molar-refractivity contribution in [2.75, 3.05) is 26.2 Å². The maximum atomic E-state index is 12.6. The highest BCUT2D eigenvalue weighted by atomic mass is 35.5. The molecule has 25 heavy (non-hydrogen) atoms. The van der Waals surface area contributed by atoms with E-state index in [1.54, 1.807) is 19.1 Å². The van der Waals surface area contributed by atoms with E-state index in [-0.39, 0.29) is 5.91 Å². The third-order valence-corrected chi connectivity index (χ3v) is 4.62. The lowest BCUT2D eigenvalue weighted by molar-refractivity contribution is -0.139. The Labute approximate surface area is 154 Å². The first-order chi connectivity index (χ1) is 12.1. The van der Waals surface area contributed by atoms with E-state index in [9.17, 15) is 4.79 Å². The number of amides is 1. The molecule has 1 atom stereocenters. The van der Waals surface area contributed by atoms with Crippen LogP contribution in [0.25, 0.3) is 0 Å². The van der Waals surface area contributed by atoms with E-state index in [0.717, 1.165) is 32.7 Å². The van der Waals surface area contributed by atoms with Crippen LogP contribution in [0.1, 0.15) is 12.5 Å². The van der Waals surface area contributed by atoms with Gasteiger partial charge in [0, 0.05) is 37.7 Å². The van der Waals surface area contributed by atoms with Gasteiger partial charge in [0.15, 0.2) is 6.10 Å². The second-order valence-corrected chi connectivity index (χ2v) is 6.74. The van der Waals surface area contributed by atoms with Crippen molar-refractivity contribution in [3.05, 3.63) is 65.2 Å². The van der Waals surface area contributed by atoms with Crippen molar-refractivity contribution in [1.82, 2.24) is 9.80 Å². The first-order valence-electron chi connectivity index (χ1n) is 8.59. The largest absolute Gasteiger partial charge is 0.481 e. The average Bonchev–Trinajstić information content (AvgIpc) is 2.62. The predicted octanol–water partition coefficient (Wildman–Crippen LogP) is 3.45. The molecule has 2 aromatic rings. The van der Waals surface area contributed by atoms with Crippen molar-refractivity contribution < 1.29 is 9.53 Å². The van der Waals surface area contributed by atoms with Crippen LogP contribution in [-0.4, -0.2) is 48.0 Å². The Morgan fingerprint density at radius 3 is 2.48 bits per heavy atom. The number of halogens is 1. The Morgan fingerprint density at radius 2 is 1.80 bits per heavy atom. The van der Waals surface area contributed by atoms with Crippen molar-refractivity contribution in [3.8, 4) is 5.75 Å². The molecule has 4 nitrogen and oxygen atoms in total. The predicted molar refractivity (Wildman–Crippen MR) is 99.8 cm³/mol. The molecule has 1 amide bonds. The van der Waals surface area contributed by atoms with Crippen LogP contribution < -0.4 is 4.74 Å². The Morgan fingerprint density at radius 1 is 1.08 bits per heavy atom. The number of piperazine rings is 1. The molecule has 0 bridgehead atoms. The summed E-state index contributed by atoms with van der Waals surface area (Å²) in [7, 11) is 0. The molecule has 2 aromatic carbocycles. The zero-order valence-corrected chi connectivity index (χ0v) is 15.2. The van der Waals surface area contributed by atoms with Crippen LogP contribution >= 0.6 is 11.6 Å². The molecule has 3 rings (SSSR count). The monoisotopic (exact) mass is 358 g/mol. The van der Waals surface area contributed by atoms with Gasteiger partial charge in [0.05, 0.1) is 0 Å². The SMILES string of the molecule is C[C@H](Oc1cccc(Cl)c1)C(=O)N1CCN(Cc2ccccc2)CC1. The molecule has 0 radical (unpaired) electrons. The fourth-order valence-corrected chi connectivity index (χ4v) is 3.20. The molecule has 1 fully saturated rings. The van der Waals surface area contributed by atoms with E-state index in [4.69, 9.17) is 16.3 Å². The number of hydrogen-bond acceptors (Lipinski definition) is 3. The summed E-state index contributed by atoms with van der Waals surface area (Å²) in [4.78, 5) is 16.9. The van der Waals surface area contributed by atoms with Gasteiger partial charge in [-0.2, -0.15) is 0 Å². The smallest absolute Gasteiger partial charge is 0.263 e. The molecular weight excluding hydrogens is 336 g/mol. The first kappa shape index (κ1) is 17.8. The summed E-state index contributed by atoms with van der Waals surface area (Å²) in [5.74, 6) is 0.649. The summed E-state index contributed by atoms with van der Waals surface area (Å²) in [5.41, 5.74) is 1.31. The minimum Gasteiger partial charge on any atom is -0.481 e. The van der Waals surface area contributed by atoms with Crippen LogP contribution in [0.3, 0.4) is 0 Å². The van der Waals surface area contributed by atoms with Crippen LogP contribution in [0.2, 0.25) is 5.02 Å². The fourth-order valence-electron chi connectivity index (χ4n) is 3.02.